The van der Waals surface area contributed by atoms with Crippen molar-refractivity contribution in [2.24, 2.45) is 0 Å². The van der Waals surface area contributed by atoms with Crippen LogP contribution in [0.25, 0.3) is 16.7 Å². The third-order valence-electron chi connectivity index (χ3n) is 8.63. The molecule has 4 aromatic carbocycles. The molecule has 0 aromatic heterocycles. The van der Waals surface area contributed by atoms with Crippen LogP contribution in [0.1, 0.15) is 96.1 Å². The summed E-state index contributed by atoms with van der Waals surface area (Å²) in [6, 6.07) is 32.3. The fourth-order valence-electron chi connectivity index (χ4n) is 6.79. The van der Waals surface area contributed by atoms with E-state index in [9.17, 15) is 0 Å². The van der Waals surface area contributed by atoms with Crippen molar-refractivity contribution in [3.05, 3.63) is 148 Å². The molecule has 43 heavy (non-hydrogen) atoms. The molecule has 0 fully saturated rings. The molecule has 0 radical (unpaired) electrons. The summed E-state index contributed by atoms with van der Waals surface area (Å²) in [6.07, 6.45) is 8.00. The van der Waals surface area contributed by atoms with Crippen LogP contribution >= 0.6 is 0 Å². The summed E-state index contributed by atoms with van der Waals surface area (Å²) in [6.45, 7) is 16.6. The van der Waals surface area contributed by atoms with E-state index in [1.165, 1.54) is 50.1 Å². The van der Waals surface area contributed by atoms with Crippen LogP contribution in [0, 0.1) is 6.92 Å². The van der Waals surface area contributed by atoms with E-state index >= 15 is 0 Å². The van der Waals surface area contributed by atoms with Crippen LogP contribution < -0.4 is 24.8 Å². The van der Waals surface area contributed by atoms with Crippen LogP contribution in [0.3, 0.4) is 0 Å². The predicted molar refractivity (Wildman–Crippen MR) is 174 cm³/mol. The van der Waals surface area contributed by atoms with Crippen molar-refractivity contribution in [2.45, 2.75) is 69.3 Å². The molecule has 0 heterocycles. The average molecular weight is 684 g/mol. The van der Waals surface area contributed by atoms with Gasteiger partial charge in [0.15, 0.2) is 0 Å². The van der Waals surface area contributed by atoms with Crippen molar-refractivity contribution < 1.29 is 47.6 Å². The van der Waals surface area contributed by atoms with Gasteiger partial charge >= 0.3 is 260 Å². The van der Waals surface area contributed by atoms with Gasteiger partial charge in [-0.05, 0) is 0 Å². The number of allylic oxidation sites excluding steroid dienone is 4. The average Bonchev–Trinajstić information content (AvgIpc) is 3.57. The molecule has 3 heteroatoms. The Balaban J connectivity index is 0.00000212. The van der Waals surface area contributed by atoms with E-state index in [0.29, 0.717) is 3.63 Å². The molecule has 0 amide bonds. The predicted octanol–water partition coefficient (Wildman–Crippen LogP) is 4.36. The number of halogens is 2. The van der Waals surface area contributed by atoms with Gasteiger partial charge in [0.2, 0.25) is 0 Å². The summed E-state index contributed by atoms with van der Waals surface area (Å²) in [7, 11) is 0. The third kappa shape index (κ3) is 6.42. The standard InChI is InChI=1S/C27H31.C13H10.2ClH.Zr/c1-17-14-22-21-13-12-20(26(2,3)4)15-19(21)16-23(22)24(18-10-8-9-11-18)25(17)27(5,6)7;1-3-7-12(8-4-1)11-13-9-5-2-6-10-13;;;/h8-10,12-16H,11H2,1-7H3;1-10H;2*1H;/q;;;;+2/p-2. The second-order valence-electron chi connectivity index (χ2n) is 13.7. The Morgan fingerprint density at radius 2 is 1.33 bits per heavy atom. The summed E-state index contributed by atoms with van der Waals surface area (Å²) < 4.78 is 2.03. The Hall–Kier alpha value is -2.31. The largest absolute Gasteiger partial charge is 1.00 e. The maximum atomic E-state index is 2.58. The fraction of sp³-hybridized carbons (Fsp3) is 0.275. The molecule has 0 bridgehead atoms. The number of hydrogen-bond acceptors (Lipinski definition) is 0. The molecule has 0 saturated carbocycles. The van der Waals surface area contributed by atoms with Crippen molar-refractivity contribution in [2.75, 3.05) is 0 Å². The topological polar surface area (TPSA) is 0 Å². The number of fused-ring (bicyclic) bond motifs is 3. The Morgan fingerprint density at radius 1 is 0.721 bits per heavy atom. The molecule has 1 atom stereocenters. The van der Waals surface area contributed by atoms with E-state index in [1.807, 2.05) is 0 Å². The maximum Gasteiger partial charge on any atom is -1.00 e. The van der Waals surface area contributed by atoms with Gasteiger partial charge in [-0.15, -0.1) is 0 Å². The minimum absolute atomic E-state index is 0. The van der Waals surface area contributed by atoms with Gasteiger partial charge in [-0.1, -0.05) is 0 Å². The van der Waals surface area contributed by atoms with Gasteiger partial charge in [0.25, 0.3) is 0 Å². The third-order valence-corrected chi connectivity index (χ3v) is 12.9. The minimum Gasteiger partial charge on any atom is -1.00 e. The van der Waals surface area contributed by atoms with Gasteiger partial charge in [-0.2, -0.15) is 0 Å². The molecule has 219 valence electrons. The molecule has 4 aromatic rings. The molecular weight excluding hydrogens is 643 g/mol. The first-order valence-corrected chi connectivity index (χ1v) is 17.6. The van der Waals surface area contributed by atoms with Gasteiger partial charge in [-0.3, -0.25) is 0 Å². The molecule has 0 N–H and O–H groups in total. The van der Waals surface area contributed by atoms with E-state index in [0.717, 1.165) is 6.42 Å². The van der Waals surface area contributed by atoms with E-state index in [4.69, 9.17) is 0 Å². The Morgan fingerprint density at radius 3 is 1.84 bits per heavy atom. The van der Waals surface area contributed by atoms with E-state index < -0.39 is 22.8 Å². The summed E-state index contributed by atoms with van der Waals surface area (Å²) >= 11 is -1.22. The zero-order valence-corrected chi connectivity index (χ0v) is 30.3. The normalized spacial score (nSPS) is 15.0. The van der Waals surface area contributed by atoms with E-state index in [-0.39, 0.29) is 35.6 Å². The summed E-state index contributed by atoms with van der Waals surface area (Å²) in [5, 5.41) is 0. The van der Waals surface area contributed by atoms with E-state index in [1.54, 1.807) is 14.3 Å². The number of rotatable bonds is 4. The summed E-state index contributed by atoms with van der Waals surface area (Å²) in [4.78, 5) is 0. The Labute approximate surface area is 282 Å². The zero-order chi connectivity index (χ0) is 28.9. The molecule has 2 aliphatic carbocycles. The van der Waals surface area contributed by atoms with Gasteiger partial charge < -0.3 is 24.8 Å². The van der Waals surface area contributed by atoms with Crippen molar-refractivity contribution in [1.29, 1.82) is 0 Å². The summed E-state index contributed by atoms with van der Waals surface area (Å²) in [5.74, 6) is 0. The van der Waals surface area contributed by atoms with Gasteiger partial charge in [0, 0.05) is 0 Å². The van der Waals surface area contributed by atoms with Crippen LogP contribution in [0.2, 0.25) is 0 Å². The van der Waals surface area contributed by atoms with Gasteiger partial charge in [0.05, 0.1) is 0 Å². The van der Waals surface area contributed by atoms with Crippen molar-refractivity contribution in [3.8, 4) is 11.1 Å². The molecule has 6 rings (SSSR count). The molecule has 0 spiro atoms. The molecule has 0 aliphatic heterocycles. The molecular formula is C40H41Cl2Zr. The Kier molecular flexibility index (Phi) is 10.1. The number of aryl methyl sites for hydroxylation is 1. The number of hydrogen-bond donors (Lipinski definition) is 0. The van der Waals surface area contributed by atoms with Crippen LogP contribution in [0.15, 0.2) is 103 Å². The molecule has 1 unspecified atom stereocenters. The molecule has 2 aliphatic rings. The fourth-order valence-corrected chi connectivity index (χ4v) is 11.2. The number of benzene rings is 4. The second-order valence-corrected chi connectivity index (χ2v) is 17.1. The zero-order valence-electron chi connectivity index (χ0n) is 26.4. The quantitative estimate of drug-likeness (QED) is 0.300. The maximum absolute atomic E-state index is 2.58. The van der Waals surface area contributed by atoms with Crippen molar-refractivity contribution >= 4 is 8.78 Å². The van der Waals surface area contributed by atoms with Crippen LogP contribution in [-0.2, 0) is 33.6 Å². The SMILES string of the molecule is Cc1cc2c(c(C3=CC=CC3)c1C(C)(C)C)[CH]([Zr+2]=[C](c1ccccc1)c1ccccc1)c1cc(C(C)(C)C)ccc1-2.[Cl-].[Cl-]. The minimum atomic E-state index is -1.22. The van der Waals surface area contributed by atoms with Crippen molar-refractivity contribution in [1.82, 2.24) is 0 Å². The van der Waals surface area contributed by atoms with E-state index in [2.05, 4.69) is 152 Å². The molecule has 0 nitrogen and oxygen atoms in total. The Bertz CT molecular complexity index is 1670. The van der Waals surface area contributed by atoms with Crippen LogP contribution in [0.5, 0.6) is 0 Å². The van der Waals surface area contributed by atoms with Crippen LogP contribution in [0.4, 0.5) is 0 Å². The van der Waals surface area contributed by atoms with Gasteiger partial charge in [0.1, 0.15) is 0 Å². The smallest absolute Gasteiger partial charge is 1.00 e. The van der Waals surface area contributed by atoms with Crippen molar-refractivity contribution in [3.63, 3.8) is 0 Å². The van der Waals surface area contributed by atoms with Gasteiger partial charge in [-0.25, -0.2) is 0 Å². The monoisotopic (exact) mass is 681 g/mol. The second kappa shape index (κ2) is 13.0. The first-order chi connectivity index (χ1) is 19.5. The summed E-state index contributed by atoms with van der Waals surface area (Å²) in [5.41, 5.74) is 16.4. The molecule has 0 saturated heterocycles. The van der Waals surface area contributed by atoms with Crippen LogP contribution in [-0.4, -0.2) is 3.21 Å². The first kappa shape index (κ1) is 33.6. The first-order valence-electron chi connectivity index (χ1n) is 15.0.